The summed E-state index contributed by atoms with van der Waals surface area (Å²) in [6.45, 7) is 3.89. The number of aromatic nitrogens is 1. The van der Waals surface area contributed by atoms with Crippen molar-refractivity contribution in [2.75, 3.05) is 11.9 Å². The van der Waals surface area contributed by atoms with Gasteiger partial charge >= 0.3 is 0 Å². The van der Waals surface area contributed by atoms with E-state index in [1.54, 1.807) is 31.2 Å². The number of amides is 1. The van der Waals surface area contributed by atoms with Gasteiger partial charge in [-0.05, 0) is 38.1 Å². The summed E-state index contributed by atoms with van der Waals surface area (Å²) in [6.07, 6.45) is 0. The van der Waals surface area contributed by atoms with Crippen molar-refractivity contribution in [1.82, 2.24) is 4.57 Å². The molecule has 8 nitrogen and oxygen atoms in total. The number of pyridine rings is 1. The van der Waals surface area contributed by atoms with Crippen molar-refractivity contribution in [2.24, 2.45) is 0 Å². The fraction of sp³-hybridized carbons (Fsp3) is 0.200. The smallest absolute Gasteiger partial charge is 0.270 e. The molecular weight excluding hydrogens is 362 g/mol. The van der Waals surface area contributed by atoms with Gasteiger partial charge in [0.05, 0.1) is 22.7 Å². The Morgan fingerprint density at radius 2 is 1.96 bits per heavy atom. The first-order valence-corrected chi connectivity index (χ1v) is 8.74. The first-order valence-electron chi connectivity index (χ1n) is 8.74. The van der Waals surface area contributed by atoms with E-state index in [1.165, 1.54) is 34.9 Å². The molecule has 1 atom stereocenters. The van der Waals surface area contributed by atoms with Crippen LogP contribution in [0.25, 0.3) is 10.9 Å². The molecule has 0 fully saturated rings. The lowest BCUT2D eigenvalue weighted by molar-refractivity contribution is -0.384. The summed E-state index contributed by atoms with van der Waals surface area (Å²) in [4.78, 5) is 35.7. The van der Waals surface area contributed by atoms with E-state index in [9.17, 15) is 19.7 Å². The summed E-state index contributed by atoms with van der Waals surface area (Å²) in [5.74, 6) is 0.131. The number of benzene rings is 2. The van der Waals surface area contributed by atoms with Gasteiger partial charge in [-0.3, -0.25) is 24.3 Å². The number of ether oxygens (including phenoxy) is 1. The van der Waals surface area contributed by atoms with Crippen LogP contribution >= 0.6 is 0 Å². The molecule has 0 aliphatic rings. The van der Waals surface area contributed by atoms with Crippen LogP contribution in [0.3, 0.4) is 0 Å². The van der Waals surface area contributed by atoms with Gasteiger partial charge in [-0.1, -0.05) is 12.1 Å². The Kier molecular flexibility index (Phi) is 5.39. The molecule has 1 aromatic heterocycles. The maximum Gasteiger partial charge on any atom is 0.270 e. The molecule has 28 heavy (non-hydrogen) atoms. The van der Waals surface area contributed by atoms with Crippen LogP contribution in [-0.4, -0.2) is 22.0 Å². The van der Waals surface area contributed by atoms with E-state index in [0.717, 1.165) is 0 Å². The van der Waals surface area contributed by atoms with Gasteiger partial charge in [0.2, 0.25) is 5.91 Å². The van der Waals surface area contributed by atoms with E-state index in [0.29, 0.717) is 28.9 Å². The summed E-state index contributed by atoms with van der Waals surface area (Å²) in [6, 6.07) is 13.2. The standard InChI is InChI=1S/C20H19N3O5/c1-3-28-18-7-5-4-6-16(18)21-20(25)13(2)22-17-10-9-15(23(26)27)12-14(17)8-11-19(22)24/h4-13H,3H2,1-2H3,(H,21,25). The van der Waals surface area contributed by atoms with Crippen molar-refractivity contribution < 1.29 is 14.5 Å². The molecule has 2 aromatic carbocycles. The van der Waals surface area contributed by atoms with Crippen LogP contribution < -0.4 is 15.6 Å². The van der Waals surface area contributed by atoms with Gasteiger partial charge < -0.3 is 10.1 Å². The lowest BCUT2D eigenvalue weighted by atomic mass is 10.1. The van der Waals surface area contributed by atoms with Gasteiger partial charge in [0.25, 0.3) is 11.2 Å². The van der Waals surface area contributed by atoms with E-state index in [2.05, 4.69) is 5.32 Å². The molecule has 1 amide bonds. The Morgan fingerprint density at radius 1 is 1.21 bits per heavy atom. The second-order valence-corrected chi connectivity index (χ2v) is 6.14. The monoisotopic (exact) mass is 381 g/mol. The molecule has 1 unspecified atom stereocenters. The molecule has 0 bridgehead atoms. The van der Waals surface area contributed by atoms with Crippen molar-refractivity contribution in [3.05, 3.63) is 75.1 Å². The zero-order valence-corrected chi connectivity index (χ0v) is 15.4. The van der Waals surface area contributed by atoms with Crippen LogP contribution in [0.15, 0.2) is 59.4 Å². The Hall–Kier alpha value is -3.68. The second-order valence-electron chi connectivity index (χ2n) is 6.14. The number of para-hydroxylation sites is 2. The zero-order chi connectivity index (χ0) is 20.3. The summed E-state index contributed by atoms with van der Waals surface area (Å²) in [7, 11) is 0. The molecule has 1 N–H and O–H groups in total. The normalized spacial score (nSPS) is 11.8. The number of rotatable bonds is 6. The van der Waals surface area contributed by atoms with Crippen LogP contribution in [-0.2, 0) is 4.79 Å². The minimum absolute atomic E-state index is 0.0829. The van der Waals surface area contributed by atoms with E-state index in [4.69, 9.17) is 4.74 Å². The third-order valence-electron chi connectivity index (χ3n) is 4.34. The maximum absolute atomic E-state index is 12.8. The average molecular weight is 381 g/mol. The van der Waals surface area contributed by atoms with Gasteiger partial charge in [0, 0.05) is 23.6 Å². The molecule has 0 spiro atoms. The molecule has 144 valence electrons. The number of anilines is 1. The Morgan fingerprint density at radius 3 is 2.68 bits per heavy atom. The molecule has 3 rings (SSSR count). The lowest BCUT2D eigenvalue weighted by Gasteiger charge is -2.18. The van der Waals surface area contributed by atoms with Crippen LogP contribution in [0, 0.1) is 10.1 Å². The first kappa shape index (κ1) is 19.1. The third kappa shape index (κ3) is 3.71. The van der Waals surface area contributed by atoms with Crippen LogP contribution in [0.5, 0.6) is 5.75 Å². The van der Waals surface area contributed by atoms with E-state index < -0.39 is 16.9 Å². The number of hydrogen-bond acceptors (Lipinski definition) is 5. The van der Waals surface area contributed by atoms with Gasteiger partial charge in [-0.15, -0.1) is 0 Å². The number of carbonyl (C=O) groups excluding carboxylic acids is 1. The Balaban J connectivity index is 1.98. The molecule has 0 saturated carbocycles. The zero-order valence-electron chi connectivity index (χ0n) is 15.4. The molecular formula is C20H19N3O5. The predicted octanol–water partition coefficient (Wildman–Crippen LogP) is 3.51. The van der Waals surface area contributed by atoms with Crippen molar-refractivity contribution in [3.8, 4) is 5.75 Å². The number of nitro groups is 1. The van der Waals surface area contributed by atoms with Gasteiger partial charge in [0.15, 0.2) is 0 Å². The average Bonchev–Trinajstić information content (AvgIpc) is 2.68. The fourth-order valence-electron chi connectivity index (χ4n) is 2.97. The summed E-state index contributed by atoms with van der Waals surface area (Å²) in [5.41, 5.74) is 0.492. The van der Waals surface area contributed by atoms with Crippen molar-refractivity contribution >= 4 is 28.2 Å². The summed E-state index contributed by atoms with van der Waals surface area (Å²) in [5, 5.41) is 14.3. The number of nitrogens with one attached hydrogen (secondary N) is 1. The molecule has 8 heteroatoms. The largest absolute Gasteiger partial charge is 0.492 e. The van der Waals surface area contributed by atoms with Gasteiger partial charge in [0.1, 0.15) is 11.8 Å². The van der Waals surface area contributed by atoms with E-state index in [-0.39, 0.29) is 11.2 Å². The molecule has 0 radical (unpaired) electrons. The number of carbonyl (C=O) groups is 1. The lowest BCUT2D eigenvalue weighted by Crippen LogP contribution is -2.31. The van der Waals surface area contributed by atoms with Crippen LogP contribution in [0.1, 0.15) is 19.9 Å². The van der Waals surface area contributed by atoms with Crippen molar-refractivity contribution in [3.63, 3.8) is 0 Å². The van der Waals surface area contributed by atoms with Gasteiger partial charge in [-0.2, -0.15) is 0 Å². The number of nitrogens with zero attached hydrogens (tertiary/aromatic N) is 2. The maximum atomic E-state index is 12.8. The first-order chi connectivity index (χ1) is 13.4. The van der Waals surface area contributed by atoms with Crippen LogP contribution in [0.4, 0.5) is 11.4 Å². The molecule has 0 saturated heterocycles. The van der Waals surface area contributed by atoms with E-state index >= 15 is 0 Å². The minimum Gasteiger partial charge on any atom is -0.492 e. The third-order valence-corrected chi connectivity index (χ3v) is 4.34. The number of nitro benzene ring substituents is 1. The molecule has 0 aliphatic carbocycles. The number of non-ortho nitro benzene ring substituents is 1. The van der Waals surface area contributed by atoms with E-state index in [1.807, 2.05) is 6.92 Å². The molecule has 3 aromatic rings. The quantitative estimate of drug-likeness (QED) is 0.520. The molecule has 0 aliphatic heterocycles. The topological polar surface area (TPSA) is 103 Å². The summed E-state index contributed by atoms with van der Waals surface area (Å²) < 4.78 is 6.82. The highest BCUT2D eigenvalue weighted by atomic mass is 16.6. The minimum atomic E-state index is -0.840. The number of hydrogen-bond donors (Lipinski definition) is 1. The summed E-state index contributed by atoms with van der Waals surface area (Å²) >= 11 is 0. The SMILES string of the molecule is CCOc1ccccc1NC(=O)C(C)n1c(=O)ccc2cc([N+](=O)[O-])ccc21. The second kappa shape index (κ2) is 7.91. The Labute approximate surface area is 160 Å². The number of fused-ring (bicyclic) bond motifs is 1. The Bertz CT molecular complexity index is 1110. The highest BCUT2D eigenvalue weighted by molar-refractivity contribution is 5.96. The van der Waals surface area contributed by atoms with Crippen LogP contribution in [0.2, 0.25) is 0 Å². The highest BCUT2D eigenvalue weighted by Crippen LogP contribution is 2.26. The van der Waals surface area contributed by atoms with Crippen molar-refractivity contribution in [2.45, 2.75) is 19.9 Å². The van der Waals surface area contributed by atoms with Gasteiger partial charge in [-0.25, -0.2) is 0 Å². The van der Waals surface area contributed by atoms with Crippen molar-refractivity contribution in [1.29, 1.82) is 0 Å². The predicted molar refractivity (Wildman–Crippen MR) is 106 cm³/mol. The molecule has 1 heterocycles. The highest BCUT2D eigenvalue weighted by Gasteiger charge is 2.20. The fourth-order valence-corrected chi connectivity index (χ4v) is 2.97.